The van der Waals surface area contributed by atoms with Crippen LogP contribution in [0.2, 0.25) is 0 Å². The van der Waals surface area contributed by atoms with Gasteiger partial charge >= 0.3 is 0 Å². The summed E-state index contributed by atoms with van der Waals surface area (Å²) < 4.78 is 48.3. The summed E-state index contributed by atoms with van der Waals surface area (Å²) in [6.07, 6.45) is 4.93. The topological polar surface area (TPSA) is 133 Å². The molecule has 0 saturated carbocycles. The van der Waals surface area contributed by atoms with Gasteiger partial charge in [0.2, 0.25) is 10.0 Å². The number of benzene rings is 1. The van der Waals surface area contributed by atoms with Gasteiger partial charge in [-0.1, -0.05) is 5.92 Å². The van der Waals surface area contributed by atoms with Crippen LogP contribution in [-0.4, -0.2) is 42.2 Å². The van der Waals surface area contributed by atoms with Crippen molar-refractivity contribution in [1.29, 1.82) is 5.26 Å². The Bertz CT molecular complexity index is 1220. The van der Waals surface area contributed by atoms with Gasteiger partial charge in [-0.2, -0.15) is 9.98 Å². The van der Waals surface area contributed by atoms with Gasteiger partial charge in [0.05, 0.1) is 5.56 Å². The first-order valence-corrected chi connectivity index (χ1v) is 10.0. The Morgan fingerprint density at radius 2 is 2.23 bits per heavy atom. The highest BCUT2D eigenvalue weighted by molar-refractivity contribution is 7.89. The number of aromatic nitrogens is 1. The van der Waals surface area contributed by atoms with Crippen LogP contribution in [0.4, 0.5) is 10.1 Å². The molecule has 0 aliphatic carbocycles. The maximum absolute atomic E-state index is 13.5. The first kappa shape index (κ1) is 21.3. The van der Waals surface area contributed by atoms with E-state index in [0.717, 1.165) is 12.1 Å². The van der Waals surface area contributed by atoms with Crippen molar-refractivity contribution in [2.24, 2.45) is 7.05 Å². The normalized spacial score (nSPS) is 20.6. The first-order valence-electron chi connectivity index (χ1n) is 8.53. The van der Waals surface area contributed by atoms with Gasteiger partial charge in [0.15, 0.2) is 11.4 Å². The minimum absolute atomic E-state index is 0.127. The SMILES string of the molecule is C#C[C@@H](O)[C@@]1(C)COc2c(cn(C)c2C(=O)Nc2ccc(F)c(C#N)c2)S(=O)(=O)N1. The molecule has 0 saturated heterocycles. The molecule has 0 bridgehead atoms. The molecule has 0 spiro atoms. The number of sulfonamides is 1. The van der Waals surface area contributed by atoms with E-state index >= 15 is 0 Å². The maximum atomic E-state index is 13.5. The average molecular weight is 432 g/mol. The summed E-state index contributed by atoms with van der Waals surface area (Å²) >= 11 is 0. The molecule has 2 aromatic rings. The molecule has 2 heterocycles. The molecule has 0 radical (unpaired) electrons. The van der Waals surface area contributed by atoms with E-state index in [1.54, 1.807) is 6.07 Å². The number of carbonyl (C=O) groups excluding carboxylic acids is 1. The van der Waals surface area contributed by atoms with Gasteiger partial charge in [-0.05, 0) is 25.1 Å². The number of hydrogen-bond acceptors (Lipinski definition) is 6. The quantitative estimate of drug-likeness (QED) is 0.612. The molecule has 0 unspecified atom stereocenters. The van der Waals surface area contributed by atoms with Crippen LogP contribution in [0.25, 0.3) is 0 Å². The molecule has 0 fully saturated rings. The smallest absolute Gasteiger partial charge is 0.276 e. The number of terminal acetylenes is 1. The molecular weight excluding hydrogens is 415 g/mol. The number of nitrogens with zero attached hydrogens (tertiary/aromatic N) is 2. The number of fused-ring (bicyclic) bond motifs is 1. The highest BCUT2D eigenvalue weighted by Crippen LogP contribution is 2.35. The van der Waals surface area contributed by atoms with Crippen molar-refractivity contribution in [3.63, 3.8) is 0 Å². The number of amides is 1. The van der Waals surface area contributed by atoms with Crippen LogP contribution in [0, 0.1) is 29.5 Å². The summed E-state index contributed by atoms with van der Waals surface area (Å²) in [5.74, 6) is 0.354. The Morgan fingerprint density at radius 3 is 2.87 bits per heavy atom. The third kappa shape index (κ3) is 3.62. The number of ether oxygens (including phenoxy) is 1. The predicted octanol–water partition coefficient (Wildman–Crippen LogP) is 0.712. The van der Waals surface area contributed by atoms with Crippen molar-refractivity contribution in [3.05, 3.63) is 41.5 Å². The van der Waals surface area contributed by atoms with Gasteiger partial charge in [-0.3, -0.25) is 4.79 Å². The van der Waals surface area contributed by atoms with E-state index < -0.39 is 33.4 Å². The molecule has 1 aromatic carbocycles. The minimum Gasteiger partial charge on any atom is -0.488 e. The summed E-state index contributed by atoms with van der Waals surface area (Å²) in [7, 11) is -2.74. The second-order valence-electron chi connectivity index (χ2n) is 6.92. The number of nitriles is 1. The number of aliphatic hydroxyl groups excluding tert-OH is 1. The molecule has 9 nitrogen and oxygen atoms in total. The molecule has 3 N–H and O–H groups in total. The van der Waals surface area contributed by atoms with E-state index in [1.807, 2.05) is 0 Å². The fourth-order valence-electron chi connectivity index (χ4n) is 2.98. The molecule has 1 aliphatic heterocycles. The Morgan fingerprint density at radius 1 is 1.53 bits per heavy atom. The van der Waals surface area contributed by atoms with Crippen LogP contribution < -0.4 is 14.8 Å². The van der Waals surface area contributed by atoms with E-state index in [9.17, 15) is 22.7 Å². The van der Waals surface area contributed by atoms with Crippen LogP contribution >= 0.6 is 0 Å². The van der Waals surface area contributed by atoms with Gasteiger partial charge in [0.25, 0.3) is 5.91 Å². The number of rotatable bonds is 3. The summed E-state index contributed by atoms with van der Waals surface area (Å²) in [6, 6.07) is 5.10. The number of carbonyl (C=O) groups is 1. The van der Waals surface area contributed by atoms with Crippen LogP contribution in [0.3, 0.4) is 0 Å². The fourth-order valence-corrected chi connectivity index (χ4v) is 4.57. The Hall–Kier alpha value is -3.38. The summed E-state index contributed by atoms with van der Waals surface area (Å²) in [6.45, 7) is 1.03. The largest absolute Gasteiger partial charge is 0.488 e. The molecule has 11 heteroatoms. The van der Waals surface area contributed by atoms with E-state index in [0.29, 0.717) is 0 Å². The molecule has 3 rings (SSSR count). The van der Waals surface area contributed by atoms with Crippen molar-refractivity contribution < 1.29 is 27.4 Å². The van der Waals surface area contributed by atoms with Crippen molar-refractivity contribution in [3.8, 4) is 24.2 Å². The first-order chi connectivity index (χ1) is 14.0. The third-order valence-corrected chi connectivity index (χ3v) is 6.20. The lowest BCUT2D eigenvalue weighted by Gasteiger charge is -2.29. The van der Waals surface area contributed by atoms with Gasteiger partial charge in [0, 0.05) is 18.9 Å². The lowest BCUT2D eigenvalue weighted by Crippen LogP contribution is -2.56. The lowest BCUT2D eigenvalue weighted by atomic mass is 9.98. The third-order valence-electron chi connectivity index (χ3n) is 4.60. The second kappa shape index (κ2) is 7.46. The van der Waals surface area contributed by atoms with Crippen molar-refractivity contribution in [1.82, 2.24) is 9.29 Å². The Labute approximate surface area is 172 Å². The molecule has 1 aliphatic rings. The van der Waals surface area contributed by atoms with Crippen LogP contribution in [0.5, 0.6) is 5.75 Å². The van der Waals surface area contributed by atoms with Crippen molar-refractivity contribution in [2.45, 2.75) is 23.5 Å². The van der Waals surface area contributed by atoms with Gasteiger partial charge < -0.3 is 19.7 Å². The zero-order valence-corrected chi connectivity index (χ0v) is 16.7. The Kier molecular flexibility index (Phi) is 5.31. The fraction of sp³-hybridized carbons (Fsp3) is 0.263. The number of halogens is 1. The minimum atomic E-state index is -4.19. The van der Waals surface area contributed by atoms with Gasteiger partial charge in [0.1, 0.15) is 35.0 Å². The average Bonchev–Trinajstić information content (AvgIpc) is 2.99. The highest BCUT2D eigenvalue weighted by Gasteiger charge is 2.43. The molecule has 30 heavy (non-hydrogen) atoms. The second-order valence-corrected chi connectivity index (χ2v) is 8.57. The summed E-state index contributed by atoms with van der Waals surface area (Å²) in [5.41, 5.74) is -1.78. The zero-order chi connectivity index (χ0) is 22.3. The van der Waals surface area contributed by atoms with Crippen molar-refractivity contribution >= 4 is 21.6 Å². The van der Waals surface area contributed by atoms with Gasteiger partial charge in [-0.15, -0.1) is 6.42 Å². The van der Waals surface area contributed by atoms with E-state index in [-0.39, 0.29) is 34.2 Å². The summed E-state index contributed by atoms with van der Waals surface area (Å²) in [4.78, 5) is 12.5. The maximum Gasteiger partial charge on any atom is 0.276 e. The lowest BCUT2D eigenvalue weighted by molar-refractivity contribution is 0.0898. The van der Waals surface area contributed by atoms with Crippen LogP contribution in [0.15, 0.2) is 29.3 Å². The molecule has 2 atom stereocenters. The standard InChI is InChI=1S/C19H17FN4O5S/c1-4-15(25)19(2)10-29-17-14(30(27,28)23-19)9-24(3)16(17)18(26)22-12-5-6-13(20)11(7-12)8-21/h1,5-7,9,15,23,25H,10H2,2-3H3,(H,22,26)/t15-,19-/m1/s1. The predicted molar refractivity (Wildman–Crippen MR) is 104 cm³/mol. The Balaban J connectivity index is 2.01. The van der Waals surface area contributed by atoms with Crippen LogP contribution in [-0.2, 0) is 17.1 Å². The van der Waals surface area contributed by atoms with Crippen LogP contribution in [0.1, 0.15) is 23.0 Å². The van der Waals surface area contributed by atoms with E-state index in [2.05, 4.69) is 16.0 Å². The van der Waals surface area contributed by atoms with E-state index in [1.165, 1.54) is 30.8 Å². The van der Waals surface area contributed by atoms with E-state index in [4.69, 9.17) is 16.4 Å². The monoisotopic (exact) mass is 432 g/mol. The van der Waals surface area contributed by atoms with Gasteiger partial charge in [-0.25, -0.2) is 12.8 Å². The van der Waals surface area contributed by atoms with Crippen molar-refractivity contribution in [2.75, 3.05) is 11.9 Å². The number of nitrogens with one attached hydrogen (secondary N) is 2. The zero-order valence-electron chi connectivity index (χ0n) is 15.9. The highest BCUT2D eigenvalue weighted by atomic mass is 32.2. The number of aryl methyl sites for hydroxylation is 1. The molecule has 1 amide bonds. The summed E-state index contributed by atoms with van der Waals surface area (Å²) in [5, 5.41) is 21.4. The number of anilines is 1. The molecule has 156 valence electrons. The molecule has 1 aromatic heterocycles. The number of aliphatic hydroxyl groups is 1. The number of hydrogen-bond donors (Lipinski definition) is 3. The molecular formula is C19H17FN4O5S.